The Morgan fingerprint density at radius 1 is 1.00 bits per heavy atom. The summed E-state index contributed by atoms with van der Waals surface area (Å²) < 4.78 is 5.32. The first-order valence-electron chi connectivity index (χ1n) is 8.30. The summed E-state index contributed by atoms with van der Waals surface area (Å²) in [7, 11) is 1.65. The summed E-state index contributed by atoms with van der Waals surface area (Å²) in [5.41, 5.74) is 2.49. The number of amides is 1. The fourth-order valence-corrected chi connectivity index (χ4v) is 2.52. The zero-order chi connectivity index (χ0) is 18.2. The molecule has 1 heterocycles. The highest BCUT2D eigenvalue weighted by Crippen LogP contribution is 2.17. The van der Waals surface area contributed by atoms with Crippen molar-refractivity contribution in [3.8, 4) is 5.75 Å². The van der Waals surface area contributed by atoms with E-state index in [9.17, 15) is 4.79 Å². The van der Waals surface area contributed by atoms with E-state index in [-0.39, 0.29) is 5.91 Å². The van der Waals surface area contributed by atoms with Gasteiger partial charge in [-0.05, 0) is 48.4 Å². The van der Waals surface area contributed by atoms with Gasteiger partial charge in [-0.15, -0.1) is 0 Å². The molecule has 0 aliphatic heterocycles. The van der Waals surface area contributed by atoms with E-state index < -0.39 is 0 Å². The van der Waals surface area contributed by atoms with Crippen LogP contribution in [0, 0.1) is 0 Å². The molecule has 0 fully saturated rings. The van der Waals surface area contributed by atoms with Gasteiger partial charge in [-0.2, -0.15) is 0 Å². The molecule has 3 aromatic rings. The molecule has 0 aliphatic carbocycles. The molecule has 6 heteroatoms. The minimum absolute atomic E-state index is 0.109. The Hall–Kier alpha value is -3.41. The van der Waals surface area contributed by atoms with Gasteiger partial charge in [0.05, 0.1) is 7.11 Å². The second-order valence-corrected chi connectivity index (χ2v) is 5.59. The first-order chi connectivity index (χ1) is 12.8. The number of carbonyl (C=O) groups is 1. The molecule has 3 rings (SSSR count). The van der Waals surface area contributed by atoms with Crippen molar-refractivity contribution in [2.45, 2.75) is 6.42 Å². The van der Waals surface area contributed by atoms with Gasteiger partial charge in [0.25, 0.3) is 5.91 Å². The highest BCUT2D eigenvalue weighted by molar-refractivity contribution is 5.94. The molecule has 0 unspecified atom stereocenters. The predicted molar refractivity (Wildman–Crippen MR) is 101 cm³/mol. The minimum Gasteiger partial charge on any atom is -0.496 e. The predicted octanol–water partition coefficient (Wildman–Crippen LogP) is 3.20. The number of nitrogens with zero attached hydrogens (tertiary/aromatic N) is 2. The Balaban J connectivity index is 1.53. The van der Waals surface area contributed by atoms with Gasteiger partial charge >= 0.3 is 0 Å². The fraction of sp³-hybridized carbons (Fsp3) is 0.150. The van der Waals surface area contributed by atoms with Crippen LogP contribution in [0.4, 0.5) is 11.6 Å². The number of aromatic nitrogens is 2. The summed E-state index contributed by atoms with van der Waals surface area (Å²) in [6.07, 6.45) is 4.04. The van der Waals surface area contributed by atoms with E-state index in [2.05, 4.69) is 20.6 Å². The van der Waals surface area contributed by atoms with Crippen LogP contribution in [-0.4, -0.2) is 29.5 Å². The second kappa shape index (κ2) is 8.62. The van der Waals surface area contributed by atoms with E-state index in [1.807, 2.05) is 36.4 Å². The molecular formula is C20H20N4O2. The van der Waals surface area contributed by atoms with Crippen LogP contribution in [-0.2, 0) is 6.42 Å². The monoisotopic (exact) mass is 348 g/mol. The van der Waals surface area contributed by atoms with Crippen LogP contribution < -0.4 is 15.4 Å². The first-order valence-corrected chi connectivity index (χ1v) is 8.30. The van der Waals surface area contributed by atoms with Gasteiger partial charge in [0, 0.05) is 30.2 Å². The maximum atomic E-state index is 12.3. The number of carbonyl (C=O) groups excluding carboxylic acids is 1. The zero-order valence-corrected chi connectivity index (χ0v) is 14.5. The lowest BCUT2D eigenvalue weighted by Gasteiger charge is -2.09. The number of hydrogen-bond acceptors (Lipinski definition) is 5. The number of ether oxygens (including phenoxy) is 1. The topological polar surface area (TPSA) is 76.1 Å². The normalized spacial score (nSPS) is 10.2. The Morgan fingerprint density at radius 3 is 2.46 bits per heavy atom. The molecule has 26 heavy (non-hydrogen) atoms. The van der Waals surface area contributed by atoms with Crippen LogP contribution in [0.2, 0.25) is 0 Å². The van der Waals surface area contributed by atoms with Crippen molar-refractivity contribution >= 4 is 17.5 Å². The van der Waals surface area contributed by atoms with Crippen LogP contribution in [0.1, 0.15) is 15.9 Å². The van der Waals surface area contributed by atoms with E-state index in [4.69, 9.17) is 4.74 Å². The summed E-state index contributed by atoms with van der Waals surface area (Å²) in [5.74, 6) is 1.24. The van der Waals surface area contributed by atoms with Crippen molar-refractivity contribution in [2.24, 2.45) is 0 Å². The third kappa shape index (κ3) is 4.57. The number of rotatable bonds is 7. The zero-order valence-electron chi connectivity index (χ0n) is 14.5. The van der Waals surface area contributed by atoms with Crippen LogP contribution in [0.15, 0.2) is 67.0 Å². The Labute approximate surface area is 152 Å². The van der Waals surface area contributed by atoms with Crippen molar-refractivity contribution in [3.05, 3.63) is 78.1 Å². The molecule has 0 radical (unpaired) electrons. The van der Waals surface area contributed by atoms with E-state index in [0.717, 1.165) is 17.0 Å². The summed E-state index contributed by atoms with van der Waals surface area (Å²) in [5, 5.41) is 6.01. The average Bonchev–Trinajstić information content (AvgIpc) is 2.69. The third-order valence-electron chi connectivity index (χ3n) is 3.84. The maximum absolute atomic E-state index is 12.3. The van der Waals surface area contributed by atoms with Crippen LogP contribution >= 0.6 is 0 Å². The minimum atomic E-state index is -0.109. The van der Waals surface area contributed by atoms with Gasteiger partial charge in [-0.3, -0.25) is 4.79 Å². The standard InChI is InChI=1S/C20H20N4O2/c1-26-18-6-3-2-5-15(18)11-14-21-19(25)16-7-9-17(10-8-16)24-20-22-12-4-13-23-20/h2-10,12-13H,11,14H2,1H3,(H,21,25)(H,22,23,24). The van der Waals surface area contributed by atoms with Crippen LogP contribution in [0.5, 0.6) is 5.75 Å². The molecule has 0 bridgehead atoms. The number of anilines is 2. The largest absolute Gasteiger partial charge is 0.496 e. The number of hydrogen-bond donors (Lipinski definition) is 2. The fourth-order valence-electron chi connectivity index (χ4n) is 2.52. The SMILES string of the molecule is COc1ccccc1CCNC(=O)c1ccc(Nc2ncccn2)cc1. The van der Waals surface area contributed by atoms with Gasteiger partial charge < -0.3 is 15.4 Å². The molecule has 6 nitrogen and oxygen atoms in total. The summed E-state index contributed by atoms with van der Waals surface area (Å²) >= 11 is 0. The van der Waals surface area contributed by atoms with E-state index in [0.29, 0.717) is 24.5 Å². The number of para-hydroxylation sites is 1. The van der Waals surface area contributed by atoms with Crippen molar-refractivity contribution in [1.82, 2.24) is 15.3 Å². The molecule has 0 aliphatic rings. The molecule has 0 atom stereocenters. The molecular weight excluding hydrogens is 328 g/mol. The number of methoxy groups -OCH3 is 1. The average molecular weight is 348 g/mol. The molecule has 2 aromatic carbocycles. The van der Waals surface area contributed by atoms with Crippen molar-refractivity contribution < 1.29 is 9.53 Å². The molecule has 0 spiro atoms. The third-order valence-corrected chi connectivity index (χ3v) is 3.84. The molecule has 0 saturated carbocycles. The van der Waals surface area contributed by atoms with Crippen molar-refractivity contribution in [3.63, 3.8) is 0 Å². The van der Waals surface area contributed by atoms with E-state index >= 15 is 0 Å². The van der Waals surface area contributed by atoms with Crippen molar-refractivity contribution in [2.75, 3.05) is 19.0 Å². The molecule has 1 amide bonds. The Morgan fingerprint density at radius 2 is 1.73 bits per heavy atom. The highest BCUT2D eigenvalue weighted by atomic mass is 16.5. The molecule has 2 N–H and O–H groups in total. The summed E-state index contributed by atoms with van der Waals surface area (Å²) in [6, 6.07) is 16.7. The molecule has 1 aromatic heterocycles. The second-order valence-electron chi connectivity index (χ2n) is 5.59. The van der Waals surface area contributed by atoms with E-state index in [1.54, 1.807) is 37.7 Å². The van der Waals surface area contributed by atoms with Gasteiger partial charge in [0.15, 0.2) is 0 Å². The highest BCUT2D eigenvalue weighted by Gasteiger charge is 2.07. The van der Waals surface area contributed by atoms with Crippen molar-refractivity contribution in [1.29, 1.82) is 0 Å². The van der Waals surface area contributed by atoms with Crippen LogP contribution in [0.25, 0.3) is 0 Å². The van der Waals surface area contributed by atoms with Crippen LogP contribution in [0.3, 0.4) is 0 Å². The summed E-state index contributed by atoms with van der Waals surface area (Å²) in [4.78, 5) is 20.5. The Bertz CT molecular complexity index is 851. The van der Waals surface area contributed by atoms with Gasteiger partial charge in [-0.25, -0.2) is 9.97 Å². The van der Waals surface area contributed by atoms with Gasteiger partial charge in [0.1, 0.15) is 5.75 Å². The maximum Gasteiger partial charge on any atom is 0.251 e. The number of benzene rings is 2. The first kappa shape index (κ1) is 17.4. The van der Waals surface area contributed by atoms with Gasteiger partial charge in [0.2, 0.25) is 5.95 Å². The van der Waals surface area contributed by atoms with Gasteiger partial charge in [-0.1, -0.05) is 18.2 Å². The molecule has 0 saturated heterocycles. The quantitative estimate of drug-likeness (QED) is 0.686. The molecule has 132 valence electrons. The Kier molecular flexibility index (Phi) is 5.77. The lowest BCUT2D eigenvalue weighted by atomic mass is 10.1. The smallest absolute Gasteiger partial charge is 0.251 e. The van der Waals surface area contributed by atoms with E-state index in [1.165, 1.54) is 0 Å². The summed E-state index contributed by atoms with van der Waals surface area (Å²) in [6.45, 7) is 0.539. The lowest BCUT2D eigenvalue weighted by molar-refractivity contribution is 0.0954. The number of nitrogens with one attached hydrogen (secondary N) is 2. The lowest BCUT2D eigenvalue weighted by Crippen LogP contribution is -2.25.